The van der Waals surface area contributed by atoms with Gasteiger partial charge in [0.25, 0.3) is 5.91 Å². The summed E-state index contributed by atoms with van der Waals surface area (Å²) in [6.07, 6.45) is 0.168. The summed E-state index contributed by atoms with van der Waals surface area (Å²) < 4.78 is 11.0. The van der Waals surface area contributed by atoms with Crippen LogP contribution in [0.15, 0.2) is 36.4 Å². The van der Waals surface area contributed by atoms with Gasteiger partial charge in [-0.3, -0.25) is 4.79 Å². The largest absolute Gasteiger partial charge is 0.543 e. The van der Waals surface area contributed by atoms with Gasteiger partial charge < -0.3 is 25.3 Å². The Morgan fingerprint density at radius 1 is 1.14 bits per heavy atom. The number of nitrogens with two attached hydrogens (primary N) is 1. The molecule has 0 spiro atoms. The minimum Gasteiger partial charge on any atom is -0.543 e. The number of halogens is 2. The molecule has 4 N–H and O–H groups in total. The van der Waals surface area contributed by atoms with E-state index in [1.54, 1.807) is 12.1 Å². The van der Waals surface area contributed by atoms with E-state index in [0.717, 1.165) is 16.9 Å². The van der Waals surface area contributed by atoms with Gasteiger partial charge >= 0.3 is 5.97 Å². The lowest BCUT2D eigenvalue weighted by atomic mass is 10.00. The first-order chi connectivity index (χ1) is 16.7. The number of aliphatic hydroxyl groups excluding tert-OH is 1. The van der Waals surface area contributed by atoms with Crippen LogP contribution in [0.2, 0.25) is 28.2 Å². The lowest BCUT2D eigenvalue weighted by Gasteiger charge is -2.36. The summed E-state index contributed by atoms with van der Waals surface area (Å²) in [7, 11) is -0.793. The molecule has 0 radical (unpaired) electrons. The van der Waals surface area contributed by atoms with Gasteiger partial charge in [-0.15, -0.1) is 0 Å². The predicted octanol–water partition coefficient (Wildman–Crippen LogP) is 5.27. The first-order valence-corrected chi connectivity index (χ1v) is 15.4. The number of hydrogen-bond donors (Lipinski definition) is 3. The average Bonchev–Trinajstić information content (AvgIpc) is 2.79. The molecule has 0 saturated heterocycles. The van der Waals surface area contributed by atoms with Crippen LogP contribution in [-0.4, -0.2) is 45.0 Å². The Morgan fingerprint density at radius 2 is 1.75 bits per heavy atom. The summed E-state index contributed by atoms with van der Waals surface area (Å²) in [6, 6.07) is 9.78. The van der Waals surface area contributed by atoms with Crippen LogP contribution in [0.25, 0.3) is 0 Å². The molecule has 2 aromatic rings. The Morgan fingerprint density at radius 3 is 2.28 bits per heavy atom. The zero-order valence-electron chi connectivity index (χ0n) is 21.7. The van der Waals surface area contributed by atoms with E-state index < -0.39 is 32.3 Å². The summed E-state index contributed by atoms with van der Waals surface area (Å²) in [5.74, 6) is -0.541. The van der Waals surface area contributed by atoms with E-state index in [9.17, 15) is 14.7 Å². The SMILES string of the molecule is COC(=O)[C@H](CN)NC(=O)c1c(Cl)cc(CCC(O)c2cccc(O[Si](C)(C)C(C)(C)C)c2)cc1Cl. The zero-order chi connectivity index (χ0) is 27.3. The second kappa shape index (κ2) is 12.4. The van der Waals surface area contributed by atoms with Crippen molar-refractivity contribution in [3.05, 3.63) is 63.1 Å². The van der Waals surface area contributed by atoms with E-state index >= 15 is 0 Å². The van der Waals surface area contributed by atoms with Crippen molar-refractivity contribution < 1.29 is 23.9 Å². The van der Waals surface area contributed by atoms with E-state index in [0.29, 0.717) is 12.8 Å². The lowest BCUT2D eigenvalue weighted by Crippen LogP contribution is -2.46. The number of rotatable bonds is 10. The van der Waals surface area contributed by atoms with Crippen LogP contribution in [0.1, 0.15) is 54.8 Å². The van der Waals surface area contributed by atoms with E-state index in [-0.39, 0.29) is 27.2 Å². The van der Waals surface area contributed by atoms with Crippen molar-refractivity contribution in [1.29, 1.82) is 0 Å². The summed E-state index contributed by atoms with van der Waals surface area (Å²) in [5.41, 5.74) is 7.10. The molecular formula is C26H36Cl2N2O5Si. The fourth-order valence-corrected chi connectivity index (χ4v) is 5.00. The molecule has 0 saturated carbocycles. The van der Waals surface area contributed by atoms with Crippen LogP contribution in [0, 0.1) is 0 Å². The van der Waals surface area contributed by atoms with Gasteiger partial charge in [-0.05, 0) is 66.4 Å². The molecule has 0 fully saturated rings. The number of nitrogens with one attached hydrogen (secondary N) is 1. The van der Waals surface area contributed by atoms with Crippen LogP contribution >= 0.6 is 23.2 Å². The third-order valence-corrected chi connectivity index (χ3v) is 11.4. The van der Waals surface area contributed by atoms with Crippen molar-refractivity contribution in [2.75, 3.05) is 13.7 Å². The van der Waals surface area contributed by atoms with Gasteiger partial charge in [-0.25, -0.2) is 4.79 Å². The maximum atomic E-state index is 12.6. The maximum absolute atomic E-state index is 12.6. The molecular weight excluding hydrogens is 519 g/mol. The van der Waals surface area contributed by atoms with Crippen LogP contribution in [0.5, 0.6) is 5.75 Å². The molecule has 2 aromatic carbocycles. The molecule has 0 bridgehead atoms. The Kier molecular flexibility index (Phi) is 10.4. The second-order valence-electron chi connectivity index (χ2n) is 10.2. The molecule has 0 heterocycles. The van der Waals surface area contributed by atoms with Crippen LogP contribution in [0.4, 0.5) is 0 Å². The molecule has 0 aliphatic heterocycles. The number of amides is 1. The van der Waals surface area contributed by atoms with Gasteiger partial charge in [0.2, 0.25) is 8.32 Å². The highest BCUT2D eigenvalue weighted by Gasteiger charge is 2.39. The number of carbonyl (C=O) groups is 2. The van der Waals surface area contributed by atoms with Crippen molar-refractivity contribution in [3.63, 3.8) is 0 Å². The molecule has 2 atom stereocenters. The first kappa shape index (κ1) is 30.1. The van der Waals surface area contributed by atoms with Gasteiger partial charge in [-0.2, -0.15) is 0 Å². The number of hydrogen-bond acceptors (Lipinski definition) is 6. The number of aliphatic hydroxyl groups is 1. The highest BCUT2D eigenvalue weighted by Crippen LogP contribution is 2.38. The topological polar surface area (TPSA) is 111 Å². The van der Waals surface area contributed by atoms with Crippen molar-refractivity contribution in [2.24, 2.45) is 5.73 Å². The maximum Gasteiger partial charge on any atom is 0.329 e. The van der Waals surface area contributed by atoms with E-state index in [4.69, 9.17) is 33.4 Å². The number of benzene rings is 2. The summed E-state index contributed by atoms with van der Waals surface area (Å²) in [4.78, 5) is 24.4. The molecule has 1 amide bonds. The number of methoxy groups -OCH3 is 1. The Balaban J connectivity index is 2.10. The second-order valence-corrected chi connectivity index (χ2v) is 15.7. The fourth-order valence-electron chi connectivity index (χ4n) is 3.28. The van der Waals surface area contributed by atoms with E-state index in [1.807, 2.05) is 24.3 Å². The molecule has 0 aliphatic carbocycles. The molecule has 198 valence electrons. The van der Waals surface area contributed by atoms with Crippen molar-refractivity contribution in [1.82, 2.24) is 5.32 Å². The summed E-state index contributed by atoms with van der Waals surface area (Å²) >= 11 is 12.7. The van der Waals surface area contributed by atoms with E-state index in [2.05, 4.69) is 43.9 Å². The third-order valence-electron chi connectivity index (χ3n) is 6.48. The number of esters is 1. The Bertz CT molecular complexity index is 1070. The van der Waals surface area contributed by atoms with Crippen LogP contribution < -0.4 is 15.5 Å². The molecule has 1 unspecified atom stereocenters. The van der Waals surface area contributed by atoms with Crippen molar-refractivity contribution in [3.8, 4) is 5.75 Å². The van der Waals surface area contributed by atoms with Crippen LogP contribution in [-0.2, 0) is 16.0 Å². The number of aryl methyl sites for hydroxylation is 1. The van der Waals surface area contributed by atoms with Crippen molar-refractivity contribution in [2.45, 2.75) is 63.9 Å². The van der Waals surface area contributed by atoms with Gasteiger partial charge in [0.15, 0.2) is 0 Å². The normalized spacial score (nSPS) is 13.6. The molecule has 36 heavy (non-hydrogen) atoms. The monoisotopic (exact) mass is 554 g/mol. The minimum absolute atomic E-state index is 0.0421. The fraction of sp³-hybridized carbons (Fsp3) is 0.462. The quantitative estimate of drug-likeness (QED) is 0.272. The van der Waals surface area contributed by atoms with Gasteiger partial charge in [0.05, 0.1) is 28.8 Å². The first-order valence-electron chi connectivity index (χ1n) is 11.7. The molecule has 0 aromatic heterocycles. The number of carbonyl (C=O) groups excluding carboxylic acids is 2. The van der Waals surface area contributed by atoms with Gasteiger partial charge in [-0.1, -0.05) is 56.1 Å². The predicted molar refractivity (Wildman–Crippen MR) is 146 cm³/mol. The standard InChI is InChI=1S/C26H36Cl2N2O5Si/c1-26(2,3)36(5,6)35-18-9-7-8-17(14-18)22(31)11-10-16-12-19(27)23(20(28)13-16)24(32)30-21(15-29)25(33)34-4/h7-9,12-14,21-22,31H,10-11,15,29H2,1-6H3,(H,30,32)/t21-,22?/m0/s1. The Hall–Kier alpha value is -2.10. The molecule has 0 aliphatic rings. The summed E-state index contributed by atoms with van der Waals surface area (Å²) in [6.45, 7) is 10.8. The Labute approximate surface area is 224 Å². The minimum atomic E-state index is -2.00. The zero-order valence-corrected chi connectivity index (χ0v) is 24.2. The molecule has 2 rings (SSSR count). The molecule has 10 heteroatoms. The smallest absolute Gasteiger partial charge is 0.329 e. The summed E-state index contributed by atoms with van der Waals surface area (Å²) in [5, 5.41) is 13.6. The van der Waals surface area contributed by atoms with Gasteiger partial charge in [0.1, 0.15) is 11.8 Å². The third kappa shape index (κ3) is 7.70. The molecule has 7 nitrogen and oxygen atoms in total. The van der Waals surface area contributed by atoms with E-state index in [1.165, 1.54) is 7.11 Å². The highest BCUT2D eigenvalue weighted by atomic mass is 35.5. The highest BCUT2D eigenvalue weighted by molar-refractivity contribution is 6.74. The number of ether oxygens (including phenoxy) is 1. The van der Waals surface area contributed by atoms with Crippen LogP contribution in [0.3, 0.4) is 0 Å². The lowest BCUT2D eigenvalue weighted by molar-refractivity contribution is -0.142. The van der Waals surface area contributed by atoms with Crippen molar-refractivity contribution >= 4 is 43.4 Å². The average molecular weight is 556 g/mol. The van der Waals surface area contributed by atoms with Gasteiger partial charge in [0, 0.05) is 6.54 Å².